The van der Waals surface area contributed by atoms with Gasteiger partial charge < -0.3 is 10.1 Å². The van der Waals surface area contributed by atoms with E-state index in [1.807, 2.05) is 29.1 Å². The Morgan fingerprint density at radius 1 is 1.10 bits per heavy atom. The number of nitrogens with one attached hydrogen (secondary N) is 1. The van der Waals surface area contributed by atoms with Crippen LogP contribution < -0.4 is 10.1 Å². The van der Waals surface area contributed by atoms with Crippen molar-refractivity contribution in [3.05, 3.63) is 92.1 Å². The van der Waals surface area contributed by atoms with Crippen molar-refractivity contribution in [2.24, 2.45) is 0 Å². The molecule has 154 valence electrons. The Bertz CT molecular complexity index is 1300. The van der Waals surface area contributed by atoms with Gasteiger partial charge in [0, 0.05) is 20.5 Å². The Labute approximate surface area is 196 Å². The third-order valence-electron chi connectivity index (χ3n) is 5.53. The summed E-state index contributed by atoms with van der Waals surface area (Å²) in [5.74, 6) is 1.62. The molecule has 0 fully saturated rings. The molecular formula is C23H17BrN4OS2. The van der Waals surface area contributed by atoms with Crippen LogP contribution in [0.5, 0.6) is 5.75 Å². The number of anilines is 1. The van der Waals surface area contributed by atoms with Gasteiger partial charge in [0.15, 0.2) is 0 Å². The number of hydrogen-bond acceptors (Lipinski definition) is 6. The molecule has 1 N–H and O–H groups in total. The van der Waals surface area contributed by atoms with Gasteiger partial charge in [0.2, 0.25) is 11.1 Å². The maximum atomic E-state index is 6.63. The van der Waals surface area contributed by atoms with Crippen LogP contribution in [0.4, 0.5) is 5.95 Å². The van der Waals surface area contributed by atoms with Gasteiger partial charge in [-0.15, -0.1) is 16.4 Å². The normalized spacial score (nSPS) is 19.2. The fraction of sp³-hybridized carbons (Fsp3) is 0.130. The standard InChI is InChI=1S/C23H17BrN4OS2/c1-30-23-26-22-25-19-15-5-2-3-6-16(15)29-21(13-8-10-14(24)11-9-13)18(19)20(28(22)27-23)17-7-4-12-31-17/h2-12,20-21H,1H3,(H,25,26,27). The minimum atomic E-state index is -0.243. The van der Waals surface area contributed by atoms with Crippen LogP contribution in [0.15, 0.2) is 81.2 Å². The van der Waals surface area contributed by atoms with Gasteiger partial charge in [-0.2, -0.15) is 4.98 Å². The summed E-state index contributed by atoms with van der Waals surface area (Å²) < 4.78 is 9.67. The number of aromatic nitrogens is 3. The van der Waals surface area contributed by atoms with Gasteiger partial charge in [-0.25, -0.2) is 4.68 Å². The van der Waals surface area contributed by atoms with Crippen LogP contribution in [0.25, 0.3) is 5.70 Å². The highest BCUT2D eigenvalue weighted by Gasteiger charge is 2.41. The average Bonchev–Trinajstić information content (AvgIpc) is 3.47. The van der Waals surface area contributed by atoms with Crippen LogP contribution in [0, 0.1) is 0 Å². The van der Waals surface area contributed by atoms with E-state index < -0.39 is 0 Å². The quantitative estimate of drug-likeness (QED) is 0.325. The second kappa shape index (κ2) is 7.55. The molecule has 0 amide bonds. The van der Waals surface area contributed by atoms with Gasteiger partial charge >= 0.3 is 0 Å². The molecule has 8 heteroatoms. The van der Waals surface area contributed by atoms with Crippen molar-refractivity contribution in [2.75, 3.05) is 11.6 Å². The molecule has 2 aromatic carbocycles. The third-order valence-corrected chi connectivity index (χ3v) is 7.52. The monoisotopic (exact) mass is 508 g/mol. The number of hydrogen-bond donors (Lipinski definition) is 1. The van der Waals surface area contributed by atoms with Crippen molar-refractivity contribution >= 4 is 50.7 Å². The fourth-order valence-electron chi connectivity index (χ4n) is 4.18. The lowest BCUT2D eigenvalue weighted by Crippen LogP contribution is -2.32. The number of fused-ring (bicyclic) bond motifs is 3. The molecule has 0 saturated heterocycles. The first-order valence-corrected chi connectivity index (χ1v) is 12.7. The van der Waals surface area contributed by atoms with Crippen molar-refractivity contribution in [1.29, 1.82) is 0 Å². The molecule has 6 rings (SSSR count). The Hall–Kier alpha value is -2.55. The smallest absolute Gasteiger partial charge is 0.227 e. The second-order valence-electron chi connectivity index (χ2n) is 7.29. The Balaban J connectivity index is 1.62. The zero-order valence-corrected chi connectivity index (χ0v) is 19.7. The van der Waals surface area contributed by atoms with E-state index in [1.54, 1.807) is 23.1 Å². The van der Waals surface area contributed by atoms with E-state index in [1.165, 1.54) is 4.88 Å². The first-order valence-electron chi connectivity index (χ1n) is 9.79. The number of thioether (sulfide) groups is 1. The van der Waals surface area contributed by atoms with Gasteiger partial charge in [-0.1, -0.05) is 58.0 Å². The van der Waals surface area contributed by atoms with Crippen molar-refractivity contribution < 1.29 is 4.74 Å². The minimum Gasteiger partial charge on any atom is -0.480 e. The van der Waals surface area contributed by atoms with Crippen LogP contribution >= 0.6 is 39.0 Å². The molecule has 31 heavy (non-hydrogen) atoms. The molecule has 4 aromatic rings. The van der Waals surface area contributed by atoms with Crippen LogP contribution in [0.3, 0.4) is 0 Å². The third kappa shape index (κ3) is 3.12. The lowest BCUT2D eigenvalue weighted by molar-refractivity contribution is 0.223. The summed E-state index contributed by atoms with van der Waals surface area (Å²) in [6.07, 6.45) is 1.76. The largest absolute Gasteiger partial charge is 0.480 e. The average molecular weight is 509 g/mol. The summed E-state index contributed by atoms with van der Waals surface area (Å²) in [5.41, 5.74) is 4.35. The molecule has 0 aliphatic carbocycles. The first kappa shape index (κ1) is 19.2. The number of halogens is 1. The Morgan fingerprint density at radius 3 is 2.71 bits per heavy atom. The van der Waals surface area contributed by atoms with Crippen molar-refractivity contribution in [2.45, 2.75) is 17.3 Å². The zero-order chi connectivity index (χ0) is 20.9. The molecule has 2 aromatic heterocycles. The van der Waals surface area contributed by atoms with E-state index in [-0.39, 0.29) is 12.1 Å². The molecule has 0 saturated carbocycles. The highest BCUT2D eigenvalue weighted by atomic mass is 79.9. The van der Waals surface area contributed by atoms with Crippen LogP contribution in [0.1, 0.15) is 28.1 Å². The lowest BCUT2D eigenvalue weighted by Gasteiger charge is -2.38. The van der Waals surface area contributed by atoms with Gasteiger partial charge in [0.05, 0.1) is 5.70 Å². The van der Waals surface area contributed by atoms with Gasteiger partial charge in [-0.05, 0) is 47.5 Å². The molecule has 2 aliphatic rings. The van der Waals surface area contributed by atoms with Crippen molar-refractivity contribution in [1.82, 2.24) is 14.8 Å². The highest BCUT2D eigenvalue weighted by Crippen LogP contribution is 2.51. The maximum absolute atomic E-state index is 6.63. The maximum Gasteiger partial charge on any atom is 0.227 e. The van der Waals surface area contributed by atoms with E-state index in [2.05, 4.69) is 69.1 Å². The molecule has 0 spiro atoms. The number of thiophene rings is 1. The summed E-state index contributed by atoms with van der Waals surface area (Å²) in [6, 6.07) is 20.7. The number of ether oxygens (including phenoxy) is 1. The van der Waals surface area contributed by atoms with E-state index >= 15 is 0 Å². The molecule has 2 aliphatic heterocycles. The van der Waals surface area contributed by atoms with E-state index in [4.69, 9.17) is 14.8 Å². The zero-order valence-electron chi connectivity index (χ0n) is 16.4. The predicted octanol–water partition coefficient (Wildman–Crippen LogP) is 6.38. The summed E-state index contributed by atoms with van der Waals surface area (Å²) in [6.45, 7) is 0. The van der Waals surface area contributed by atoms with E-state index in [0.717, 1.165) is 43.7 Å². The van der Waals surface area contributed by atoms with Crippen molar-refractivity contribution in [3.63, 3.8) is 0 Å². The molecule has 2 atom stereocenters. The first-order chi connectivity index (χ1) is 15.2. The topological polar surface area (TPSA) is 52.0 Å². The lowest BCUT2D eigenvalue weighted by atomic mass is 9.87. The highest BCUT2D eigenvalue weighted by molar-refractivity contribution is 9.10. The second-order valence-corrected chi connectivity index (χ2v) is 9.95. The van der Waals surface area contributed by atoms with Crippen molar-refractivity contribution in [3.8, 4) is 5.75 Å². The van der Waals surface area contributed by atoms with Crippen LogP contribution in [-0.4, -0.2) is 21.0 Å². The number of nitrogens with zero attached hydrogens (tertiary/aromatic N) is 3. The predicted molar refractivity (Wildman–Crippen MR) is 129 cm³/mol. The molecular weight excluding hydrogens is 492 g/mol. The van der Waals surface area contributed by atoms with E-state index in [0.29, 0.717) is 0 Å². The summed E-state index contributed by atoms with van der Waals surface area (Å²) in [4.78, 5) is 5.94. The number of para-hydroxylation sites is 1. The van der Waals surface area contributed by atoms with E-state index in [9.17, 15) is 0 Å². The Morgan fingerprint density at radius 2 is 1.94 bits per heavy atom. The molecule has 0 bridgehead atoms. The van der Waals surface area contributed by atoms with Gasteiger partial charge in [0.1, 0.15) is 17.9 Å². The Kier molecular flexibility index (Phi) is 4.66. The molecule has 2 unspecified atom stereocenters. The summed E-state index contributed by atoms with van der Waals surface area (Å²) in [5, 5.41) is 11.3. The fourth-order valence-corrected chi connectivity index (χ4v) is 5.62. The van der Waals surface area contributed by atoms with Crippen LogP contribution in [0.2, 0.25) is 0 Å². The number of benzene rings is 2. The number of rotatable bonds is 3. The summed E-state index contributed by atoms with van der Waals surface area (Å²) >= 11 is 6.82. The van der Waals surface area contributed by atoms with Gasteiger partial charge in [0.25, 0.3) is 0 Å². The molecule has 0 radical (unpaired) electrons. The minimum absolute atomic E-state index is 0.0957. The summed E-state index contributed by atoms with van der Waals surface area (Å²) in [7, 11) is 0. The molecule has 4 heterocycles. The SMILES string of the molecule is CSc1nc2n(n1)C(c1cccs1)C1=C(N2)c2ccccc2OC1c1ccc(Br)cc1. The van der Waals surface area contributed by atoms with Crippen LogP contribution in [-0.2, 0) is 0 Å². The van der Waals surface area contributed by atoms with Gasteiger partial charge in [-0.3, -0.25) is 0 Å². The molecule has 5 nitrogen and oxygen atoms in total.